The Labute approximate surface area is 72.9 Å². The summed E-state index contributed by atoms with van der Waals surface area (Å²) in [4.78, 5) is 4.96. The molecule has 0 saturated carbocycles. The predicted molar refractivity (Wildman–Crippen MR) is 50.3 cm³/mol. The predicted octanol–water partition coefficient (Wildman–Crippen LogP) is 2.25. The summed E-state index contributed by atoms with van der Waals surface area (Å²) < 4.78 is 0. The molecule has 0 N–H and O–H groups in total. The molecule has 0 radical (unpaired) electrons. The lowest BCUT2D eigenvalue weighted by Gasteiger charge is -1.98. The third-order valence-electron chi connectivity index (χ3n) is 1.50. The van der Waals surface area contributed by atoms with Gasteiger partial charge < -0.3 is 4.84 Å². The monoisotopic (exact) mass is 163 g/mol. The van der Waals surface area contributed by atoms with Gasteiger partial charge in [0, 0.05) is 12.6 Å². The molecule has 2 nitrogen and oxygen atoms in total. The number of rotatable bonds is 4. The Morgan fingerprint density at radius 2 is 2.08 bits per heavy atom. The highest BCUT2D eigenvalue weighted by Gasteiger charge is 1.89. The summed E-state index contributed by atoms with van der Waals surface area (Å²) in [6.07, 6.45) is 2.56. The molecule has 0 spiro atoms. The largest absolute Gasteiger partial charge is 0.396 e. The van der Waals surface area contributed by atoms with Gasteiger partial charge in [-0.15, -0.1) is 0 Å². The molecule has 0 unspecified atom stereocenters. The molecule has 2 heteroatoms. The molecule has 0 aliphatic rings. The molecule has 0 fully saturated rings. The fraction of sp³-hybridized carbons (Fsp3) is 0.300. The summed E-state index contributed by atoms with van der Waals surface area (Å²) in [6.45, 7) is 2.48. The summed E-state index contributed by atoms with van der Waals surface area (Å²) >= 11 is 0. The van der Waals surface area contributed by atoms with E-state index in [1.54, 1.807) is 6.21 Å². The van der Waals surface area contributed by atoms with E-state index < -0.39 is 0 Å². The Kier molecular flexibility index (Phi) is 3.92. The van der Waals surface area contributed by atoms with Crippen LogP contribution in [0.25, 0.3) is 0 Å². The average molecular weight is 163 g/mol. The van der Waals surface area contributed by atoms with Crippen molar-refractivity contribution in [1.82, 2.24) is 0 Å². The van der Waals surface area contributed by atoms with E-state index in [1.165, 1.54) is 5.56 Å². The summed E-state index contributed by atoms with van der Waals surface area (Å²) in [6, 6.07) is 10.2. The van der Waals surface area contributed by atoms with E-state index in [2.05, 4.69) is 17.3 Å². The molecule has 0 aliphatic carbocycles. The highest BCUT2D eigenvalue weighted by atomic mass is 16.6. The van der Waals surface area contributed by atoms with Crippen molar-refractivity contribution in [3.8, 4) is 0 Å². The van der Waals surface area contributed by atoms with Crippen molar-refractivity contribution in [3.63, 3.8) is 0 Å². The van der Waals surface area contributed by atoms with Crippen LogP contribution in [-0.4, -0.2) is 12.8 Å². The van der Waals surface area contributed by atoms with Crippen LogP contribution in [0.2, 0.25) is 0 Å². The maximum absolute atomic E-state index is 4.96. The van der Waals surface area contributed by atoms with Gasteiger partial charge in [-0.2, -0.15) is 0 Å². The molecule has 64 valence electrons. The molecule has 0 aromatic heterocycles. The van der Waals surface area contributed by atoms with E-state index >= 15 is 0 Å². The topological polar surface area (TPSA) is 21.6 Å². The fourth-order valence-electron chi connectivity index (χ4n) is 0.935. The second kappa shape index (κ2) is 5.35. The highest BCUT2D eigenvalue weighted by molar-refractivity contribution is 5.52. The molecule has 0 heterocycles. The third-order valence-corrected chi connectivity index (χ3v) is 1.50. The van der Waals surface area contributed by atoms with Crippen LogP contribution in [0.1, 0.15) is 12.5 Å². The maximum Gasteiger partial charge on any atom is 0.121 e. The Balaban J connectivity index is 2.24. The van der Waals surface area contributed by atoms with Gasteiger partial charge in [-0.25, -0.2) is 0 Å². The van der Waals surface area contributed by atoms with Crippen LogP contribution in [0.3, 0.4) is 0 Å². The number of benzene rings is 1. The Morgan fingerprint density at radius 3 is 2.75 bits per heavy atom. The van der Waals surface area contributed by atoms with Crippen LogP contribution in [-0.2, 0) is 11.3 Å². The van der Waals surface area contributed by atoms with Gasteiger partial charge in [0.2, 0.25) is 0 Å². The van der Waals surface area contributed by atoms with Crippen molar-refractivity contribution < 1.29 is 4.84 Å². The van der Waals surface area contributed by atoms with Crippen molar-refractivity contribution in [2.75, 3.05) is 6.61 Å². The molecule has 0 atom stereocenters. The average Bonchev–Trinajstić information content (AvgIpc) is 2.14. The van der Waals surface area contributed by atoms with E-state index in [1.807, 2.05) is 25.1 Å². The summed E-state index contributed by atoms with van der Waals surface area (Å²) in [7, 11) is 0. The van der Waals surface area contributed by atoms with Gasteiger partial charge in [0.05, 0.1) is 0 Å². The van der Waals surface area contributed by atoms with Crippen LogP contribution in [0, 0.1) is 0 Å². The van der Waals surface area contributed by atoms with Gasteiger partial charge in [-0.3, -0.25) is 0 Å². The normalized spacial score (nSPS) is 10.4. The first-order valence-electron chi connectivity index (χ1n) is 4.07. The summed E-state index contributed by atoms with van der Waals surface area (Å²) in [5.74, 6) is 0. The van der Waals surface area contributed by atoms with Crippen molar-refractivity contribution in [2.24, 2.45) is 5.16 Å². The van der Waals surface area contributed by atoms with Crippen molar-refractivity contribution in [3.05, 3.63) is 35.9 Å². The van der Waals surface area contributed by atoms with Gasteiger partial charge in [0.15, 0.2) is 0 Å². The van der Waals surface area contributed by atoms with Crippen LogP contribution < -0.4 is 0 Å². The molecule has 1 aromatic carbocycles. The zero-order chi connectivity index (χ0) is 8.65. The van der Waals surface area contributed by atoms with E-state index in [4.69, 9.17) is 4.84 Å². The fourth-order valence-corrected chi connectivity index (χ4v) is 0.935. The Morgan fingerprint density at radius 1 is 1.33 bits per heavy atom. The first kappa shape index (κ1) is 8.78. The van der Waals surface area contributed by atoms with E-state index in [0.29, 0.717) is 6.61 Å². The number of hydrogen-bond acceptors (Lipinski definition) is 2. The zero-order valence-corrected chi connectivity index (χ0v) is 7.23. The highest BCUT2D eigenvalue weighted by Crippen LogP contribution is 1.99. The quantitative estimate of drug-likeness (QED) is 0.379. The van der Waals surface area contributed by atoms with E-state index in [-0.39, 0.29) is 0 Å². The van der Waals surface area contributed by atoms with Gasteiger partial charge in [-0.1, -0.05) is 35.5 Å². The standard InChI is InChI=1S/C10H13NO/c1-2-11-12-9-8-10-6-4-3-5-7-10/h2-7H,8-9H2,1H3/b11-2+. The van der Waals surface area contributed by atoms with E-state index in [0.717, 1.165) is 6.42 Å². The van der Waals surface area contributed by atoms with Gasteiger partial charge >= 0.3 is 0 Å². The SMILES string of the molecule is C/C=N/OCCc1ccccc1. The lowest BCUT2D eigenvalue weighted by Crippen LogP contribution is -1.93. The van der Waals surface area contributed by atoms with Crippen LogP contribution in [0.4, 0.5) is 0 Å². The molecule has 1 aromatic rings. The van der Waals surface area contributed by atoms with Gasteiger partial charge in [-0.05, 0) is 12.5 Å². The molecule has 1 rings (SSSR count). The number of oxime groups is 1. The second-order valence-corrected chi connectivity index (χ2v) is 2.43. The van der Waals surface area contributed by atoms with Crippen molar-refractivity contribution in [2.45, 2.75) is 13.3 Å². The minimum absolute atomic E-state index is 0.647. The molecule has 12 heavy (non-hydrogen) atoms. The van der Waals surface area contributed by atoms with Crippen LogP contribution >= 0.6 is 0 Å². The number of nitrogens with zero attached hydrogens (tertiary/aromatic N) is 1. The Hall–Kier alpha value is -1.31. The molecule has 0 amide bonds. The Bertz CT molecular complexity index is 231. The molecule has 0 aliphatic heterocycles. The minimum atomic E-state index is 0.647. The lowest BCUT2D eigenvalue weighted by molar-refractivity contribution is 0.149. The molecule has 0 saturated heterocycles. The third kappa shape index (κ3) is 3.19. The van der Waals surface area contributed by atoms with Gasteiger partial charge in [0.1, 0.15) is 6.61 Å². The van der Waals surface area contributed by atoms with Crippen LogP contribution in [0.15, 0.2) is 35.5 Å². The first-order chi connectivity index (χ1) is 5.93. The maximum atomic E-state index is 4.96. The lowest BCUT2D eigenvalue weighted by atomic mass is 10.2. The number of hydrogen-bond donors (Lipinski definition) is 0. The zero-order valence-electron chi connectivity index (χ0n) is 7.23. The smallest absolute Gasteiger partial charge is 0.121 e. The first-order valence-corrected chi connectivity index (χ1v) is 4.07. The summed E-state index contributed by atoms with van der Waals surface area (Å²) in [5.41, 5.74) is 1.28. The summed E-state index contributed by atoms with van der Waals surface area (Å²) in [5, 5.41) is 3.66. The molecular weight excluding hydrogens is 150 g/mol. The van der Waals surface area contributed by atoms with Crippen LogP contribution in [0.5, 0.6) is 0 Å². The minimum Gasteiger partial charge on any atom is -0.396 e. The van der Waals surface area contributed by atoms with Gasteiger partial charge in [0.25, 0.3) is 0 Å². The molecular formula is C10H13NO. The van der Waals surface area contributed by atoms with Crippen molar-refractivity contribution in [1.29, 1.82) is 0 Å². The van der Waals surface area contributed by atoms with E-state index in [9.17, 15) is 0 Å². The van der Waals surface area contributed by atoms with Crippen molar-refractivity contribution >= 4 is 6.21 Å². The molecule has 0 bridgehead atoms. The second-order valence-electron chi connectivity index (χ2n) is 2.43.